The van der Waals surface area contributed by atoms with E-state index < -0.39 is 0 Å². The van der Waals surface area contributed by atoms with Crippen LogP contribution in [0, 0.1) is 0 Å². The van der Waals surface area contributed by atoms with Gasteiger partial charge in [-0.2, -0.15) is 0 Å². The van der Waals surface area contributed by atoms with Gasteiger partial charge < -0.3 is 10.3 Å². The fourth-order valence-corrected chi connectivity index (χ4v) is 2.87. The fourth-order valence-electron chi connectivity index (χ4n) is 2.42. The summed E-state index contributed by atoms with van der Waals surface area (Å²) in [5.74, 6) is 0. The van der Waals surface area contributed by atoms with Crippen LogP contribution in [-0.2, 0) is 6.54 Å². The van der Waals surface area contributed by atoms with Crippen LogP contribution in [0.5, 0.6) is 0 Å². The molecule has 17 heavy (non-hydrogen) atoms. The molecule has 1 aliphatic heterocycles. The van der Waals surface area contributed by atoms with Crippen LogP contribution in [0.15, 0.2) is 28.9 Å². The number of halogens is 1. The van der Waals surface area contributed by atoms with Gasteiger partial charge in [0.15, 0.2) is 0 Å². The number of fused-ring (bicyclic) bond motifs is 1. The smallest absolute Gasteiger partial charge is 0.0511 e. The molecule has 3 nitrogen and oxygen atoms in total. The van der Waals surface area contributed by atoms with E-state index >= 15 is 0 Å². The predicted octanol–water partition coefficient (Wildman–Crippen LogP) is 2.34. The second-order valence-corrected chi connectivity index (χ2v) is 5.36. The van der Waals surface area contributed by atoms with Crippen molar-refractivity contribution < 1.29 is 0 Å². The monoisotopic (exact) mass is 293 g/mol. The molecule has 1 aliphatic rings. The summed E-state index contributed by atoms with van der Waals surface area (Å²) < 4.78 is 1.15. The van der Waals surface area contributed by atoms with Crippen molar-refractivity contribution in [3.63, 3.8) is 0 Å². The van der Waals surface area contributed by atoms with Gasteiger partial charge in [-0.25, -0.2) is 0 Å². The van der Waals surface area contributed by atoms with E-state index in [2.05, 4.69) is 49.3 Å². The molecule has 0 spiro atoms. The Balaban J connectivity index is 1.89. The first-order chi connectivity index (χ1) is 8.34. The normalized spacial score (nSPS) is 17.7. The van der Waals surface area contributed by atoms with Gasteiger partial charge in [-0.05, 0) is 21.5 Å². The molecule has 2 N–H and O–H groups in total. The van der Waals surface area contributed by atoms with Gasteiger partial charge in [0.1, 0.15) is 0 Å². The zero-order valence-electron chi connectivity index (χ0n) is 9.67. The van der Waals surface area contributed by atoms with Crippen molar-refractivity contribution in [3.8, 4) is 0 Å². The first-order valence-corrected chi connectivity index (χ1v) is 6.81. The second-order valence-electron chi connectivity index (χ2n) is 4.50. The third-order valence-electron chi connectivity index (χ3n) is 3.35. The van der Waals surface area contributed by atoms with Gasteiger partial charge >= 0.3 is 0 Å². The maximum Gasteiger partial charge on any atom is 0.0511 e. The second kappa shape index (κ2) is 4.80. The largest absolute Gasteiger partial charge is 0.360 e. The van der Waals surface area contributed by atoms with Crippen LogP contribution in [-0.4, -0.2) is 36.1 Å². The van der Waals surface area contributed by atoms with Gasteiger partial charge in [0, 0.05) is 48.8 Å². The number of nitrogens with zero attached hydrogens (tertiary/aromatic N) is 1. The van der Waals surface area contributed by atoms with Crippen LogP contribution in [0.4, 0.5) is 0 Å². The number of aromatic nitrogens is 1. The topological polar surface area (TPSA) is 31.1 Å². The molecule has 2 heterocycles. The first-order valence-electron chi connectivity index (χ1n) is 6.02. The standard InChI is InChI=1S/C13H16BrN3/c14-12-8-16-13-10(2-1-3-11(12)13)9-17-6-4-15-5-7-17/h1-3,8,15-16H,4-7,9H2. The average Bonchev–Trinajstić information content (AvgIpc) is 2.74. The summed E-state index contributed by atoms with van der Waals surface area (Å²) in [7, 11) is 0. The van der Waals surface area contributed by atoms with E-state index in [1.807, 2.05) is 6.20 Å². The summed E-state index contributed by atoms with van der Waals surface area (Å²) in [4.78, 5) is 5.86. The summed E-state index contributed by atoms with van der Waals surface area (Å²) in [5, 5.41) is 4.66. The Kier molecular flexibility index (Phi) is 3.18. The Hall–Kier alpha value is -0.840. The molecule has 1 aromatic heterocycles. The van der Waals surface area contributed by atoms with E-state index in [0.29, 0.717) is 0 Å². The lowest BCUT2D eigenvalue weighted by atomic mass is 10.1. The highest BCUT2D eigenvalue weighted by Crippen LogP contribution is 2.26. The molecule has 0 bridgehead atoms. The van der Waals surface area contributed by atoms with Gasteiger partial charge in [-0.3, -0.25) is 4.90 Å². The minimum atomic E-state index is 1.03. The Morgan fingerprint density at radius 1 is 1.24 bits per heavy atom. The maximum atomic E-state index is 3.57. The summed E-state index contributed by atoms with van der Waals surface area (Å²) in [6, 6.07) is 6.50. The number of H-pyrrole nitrogens is 1. The number of piperazine rings is 1. The van der Waals surface area contributed by atoms with Crippen molar-refractivity contribution in [2.75, 3.05) is 26.2 Å². The van der Waals surface area contributed by atoms with Crippen molar-refractivity contribution in [3.05, 3.63) is 34.4 Å². The quantitative estimate of drug-likeness (QED) is 0.890. The first kappa shape index (κ1) is 11.3. The molecular weight excluding hydrogens is 278 g/mol. The highest BCUT2D eigenvalue weighted by molar-refractivity contribution is 9.10. The summed E-state index contributed by atoms with van der Waals surface area (Å²) in [6.07, 6.45) is 2.02. The molecule has 4 heteroatoms. The summed E-state index contributed by atoms with van der Waals surface area (Å²) in [5.41, 5.74) is 2.65. The Morgan fingerprint density at radius 2 is 2.06 bits per heavy atom. The van der Waals surface area contributed by atoms with Crippen LogP contribution in [0.2, 0.25) is 0 Å². The zero-order valence-corrected chi connectivity index (χ0v) is 11.3. The van der Waals surface area contributed by atoms with E-state index in [-0.39, 0.29) is 0 Å². The summed E-state index contributed by atoms with van der Waals surface area (Å²) >= 11 is 3.57. The molecule has 0 radical (unpaired) electrons. The maximum absolute atomic E-state index is 3.57. The van der Waals surface area contributed by atoms with E-state index in [1.54, 1.807) is 0 Å². The predicted molar refractivity (Wildman–Crippen MR) is 74.1 cm³/mol. The van der Waals surface area contributed by atoms with E-state index in [0.717, 1.165) is 37.2 Å². The van der Waals surface area contributed by atoms with Crippen molar-refractivity contribution in [2.45, 2.75) is 6.54 Å². The van der Waals surface area contributed by atoms with E-state index in [4.69, 9.17) is 0 Å². The molecule has 1 saturated heterocycles. The molecule has 0 aliphatic carbocycles. The molecule has 0 amide bonds. The lowest BCUT2D eigenvalue weighted by molar-refractivity contribution is 0.234. The third-order valence-corrected chi connectivity index (χ3v) is 4.01. The highest BCUT2D eigenvalue weighted by Gasteiger charge is 2.12. The summed E-state index contributed by atoms with van der Waals surface area (Å²) in [6.45, 7) is 5.51. The zero-order chi connectivity index (χ0) is 11.7. The number of nitrogens with one attached hydrogen (secondary N) is 2. The molecule has 3 rings (SSSR count). The van der Waals surface area contributed by atoms with Gasteiger partial charge in [0.2, 0.25) is 0 Å². The van der Waals surface area contributed by atoms with Crippen LogP contribution in [0.3, 0.4) is 0 Å². The fraction of sp³-hybridized carbons (Fsp3) is 0.385. The van der Waals surface area contributed by atoms with E-state index in [9.17, 15) is 0 Å². The molecule has 0 unspecified atom stereocenters. The number of benzene rings is 1. The molecule has 0 atom stereocenters. The third kappa shape index (κ3) is 2.25. The molecule has 90 valence electrons. The van der Waals surface area contributed by atoms with Crippen LogP contribution < -0.4 is 5.32 Å². The van der Waals surface area contributed by atoms with Crippen molar-refractivity contribution >= 4 is 26.8 Å². The Bertz CT molecular complexity index is 514. The number of aromatic amines is 1. The number of para-hydroxylation sites is 1. The highest BCUT2D eigenvalue weighted by atomic mass is 79.9. The SMILES string of the molecule is Brc1c[nH]c2c(CN3CCNCC3)cccc12. The minimum absolute atomic E-state index is 1.03. The Labute approximate surface area is 109 Å². The Morgan fingerprint density at radius 3 is 2.88 bits per heavy atom. The minimum Gasteiger partial charge on any atom is -0.360 e. The molecule has 0 saturated carbocycles. The number of rotatable bonds is 2. The van der Waals surface area contributed by atoms with Crippen molar-refractivity contribution in [1.82, 2.24) is 15.2 Å². The molecule has 1 fully saturated rings. The lowest BCUT2D eigenvalue weighted by Crippen LogP contribution is -2.42. The van der Waals surface area contributed by atoms with Crippen molar-refractivity contribution in [2.24, 2.45) is 0 Å². The molecule has 1 aromatic carbocycles. The van der Waals surface area contributed by atoms with Crippen molar-refractivity contribution in [1.29, 1.82) is 0 Å². The van der Waals surface area contributed by atoms with E-state index in [1.165, 1.54) is 16.5 Å². The molecule has 2 aromatic rings. The van der Waals surface area contributed by atoms with Crippen LogP contribution in [0.1, 0.15) is 5.56 Å². The average molecular weight is 294 g/mol. The van der Waals surface area contributed by atoms with Gasteiger partial charge in [-0.15, -0.1) is 0 Å². The van der Waals surface area contributed by atoms with Gasteiger partial charge in [0.05, 0.1) is 5.52 Å². The number of hydrogen-bond donors (Lipinski definition) is 2. The lowest BCUT2D eigenvalue weighted by Gasteiger charge is -2.27. The van der Waals surface area contributed by atoms with Gasteiger partial charge in [0.25, 0.3) is 0 Å². The van der Waals surface area contributed by atoms with Crippen LogP contribution in [0.25, 0.3) is 10.9 Å². The number of hydrogen-bond acceptors (Lipinski definition) is 2. The van der Waals surface area contributed by atoms with Gasteiger partial charge in [-0.1, -0.05) is 18.2 Å². The molecular formula is C13H16BrN3. The van der Waals surface area contributed by atoms with Crippen LogP contribution >= 0.6 is 15.9 Å².